The van der Waals surface area contributed by atoms with Gasteiger partial charge in [0.15, 0.2) is 0 Å². The predicted molar refractivity (Wildman–Crippen MR) is 87.1 cm³/mol. The number of nitrogens with one attached hydrogen (secondary N) is 1. The monoisotopic (exact) mass is 285 g/mol. The summed E-state index contributed by atoms with van der Waals surface area (Å²) in [6.45, 7) is 4.96. The topological polar surface area (TPSA) is 30.5 Å². The molecule has 0 fully saturated rings. The molecule has 0 spiro atoms. The van der Waals surface area contributed by atoms with Gasteiger partial charge in [-0.3, -0.25) is 0 Å². The number of hydrogen-bond donors (Lipinski definition) is 1. The summed E-state index contributed by atoms with van der Waals surface area (Å²) in [5.41, 5.74) is 2.21. The number of para-hydroxylation sites is 2. The molecule has 0 aliphatic carbocycles. The smallest absolute Gasteiger partial charge is 0.141 e. The maximum absolute atomic E-state index is 5.78. The Balaban J connectivity index is 1.94. The van der Waals surface area contributed by atoms with Crippen LogP contribution < -0.4 is 14.8 Å². The molecule has 1 unspecified atom stereocenters. The molecule has 2 aromatic carbocycles. The second kappa shape index (κ2) is 7.58. The zero-order chi connectivity index (χ0) is 15.1. The lowest BCUT2D eigenvalue weighted by Crippen LogP contribution is -2.09. The Labute approximate surface area is 126 Å². The van der Waals surface area contributed by atoms with Crippen molar-refractivity contribution in [3.63, 3.8) is 0 Å². The summed E-state index contributed by atoms with van der Waals surface area (Å²) in [6.07, 6.45) is 1.26. The van der Waals surface area contributed by atoms with Gasteiger partial charge in [-0.1, -0.05) is 31.2 Å². The molecule has 2 rings (SSSR count). The van der Waals surface area contributed by atoms with Gasteiger partial charge < -0.3 is 14.8 Å². The van der Waals surface area contributed by atoms with Crippen LogP contribution in [0, 0.1) is 0 Å². The number of methoxy groups -OCH3 is 1. The molecule has 2 aromatic rings. The van der Waals surface area contributed by atoms with Crippen molar-refractivity contribution in [1.29, 1.82) is 0 Å². The second-order valence-corrected chi connectivity index (χ2v) is 5.03. The lowest BCUT2D eigenvalue weighted by Gasteiger charge is -2.13. The van der Waals surface area contributed by atoms with Crippen LogP contribution in [0.2, 0.25) is 0 Å². The van der Waals surface area contributed by atoms with Crippen LogP contribution in [0.5, 0.6) is 11.5 Å². The van der Waals surface area contributed by atoms with E-state index >= 15 is 0 Å². The molecule has 0 heterocycles. The molecule has 0 radical (unpaired) electrons. The summed E-state index contributed by atoms with van der Waals surface area (Å²) in [7, 11) is 1.68. The van der Waals surface area contributed by atoms with E-state index in [2.05, 4.69) is 31.3 Å². The van der Waals surface area contributed by atoms with Crippen molar-refractivity contribution in [2.45, 2.75) is 32.9 Å². The zero-order valence-corrected chi connectivity index (χ0v) is 12.9. The Kier molecular flexibility index (Phi) is 5.50. The number of benzene rings is 2. The average Bonchev–Trinajstić information content (AvgIpc) is 2.54. The third kappa shape index (κ3) is 4.42. The SMILES string of the molecule is CCC(C)Oc1ccc(CNc2ccccc2OC)cc1. The van der Waals surface area contributed by atoms with Gasteiger partial charge in [0.25, 0.3) is 0 Å². The van der Waals surface area contributed by atoms with Gasteiger partial charge in [0, 0.05) is 6.54 Å². The van der Waals surface area contributed by atoms with Crippen LogP contribution in [0.25, 0.3) is 0 Å². The summed E-state index contributed by atoms with van der Waals surface area (Å²) < 4.78 is 11.1. The van der Waals surface area contributed by atoms with Gasteiger partial charge in [-0.25, -0.2) is 0 Å². The minimum Gasteiger partial charge on any atom is -0.495 e. The molecule has 21 heavy (non-hydrogen) atoms. The Bertz CT molecular complexity index is 551. The molecule has 0 saturated carbocycles. The summed E-state index contributed by atoms with van der Waals surface area (Å²) in [6, 6.07) is 16.1. The molecule has 0 aliphatic rings. The molecule has 0 bridgehead atoms. The molecular weight excluding hydrogens is 262 g/mol. The van der Waals surface area contributed by atoms with E-state index in [1.54, 1.807) is 7.11 Å². The summed E-state index contributed by atoms with van der Waals surface area (Å²) in [5.74, 6) is 1.78. The molecule has 0 amide bonds. The molecule has 0 aliphatic heterocycles. The summed E-state index contributed by atoms with van der Waals surface area (Å²) in [5, 5.41) is 3.39. The van der Waals surface area contributed by atoms with Gasteiger partial charge in [0.2, 0.25) is 0 Å². The summed E-state index contributed by atoms with van der Waals surface area (Å²) >= 11 is 0. The fourth-order valence-electron chi connectivity index (χ4n) is 1.99. The van der Waals surface area contributed by atoms with E-state index in [1.807, 2.05) is 36.4 Å². The van der Waals surface area contributed by atoms with E-state index in [9.17, 15) is 0 Å². The number of hydrogen-bond acceptors (Lipinski definition) is 3. The minimum absolute atomic E-state index is 0.252. The highest BCUT2D eigenvalue weighted by atomic mass is 16.5. The van der Waals surface area contributed by atoms with Gasteiger partial charge in [0.1, 0.15) is 11.5 Å². The van der Waals surface area contributed by atoms with E-state index in [1.165, 1.54) is 5.56 Å². The maximum atomic E-state index is 5.78. The van der Waals surface area contributed by atoms with E-state index < -0.39 is 0 Å². The van der Waals surface area contributed by atoms with Gasteiger partial charge in [0.05, 0.1) is 18.9 Å². The predicted octanol–water partition coefficient (Wildman–Crippen LogP) is 4.48. The van der Waals surface area contributed by atoms with Gasteiger partial charge in [-0.15, -0.1) is 0 Å². The number of rotatable bonds is 7. The zero-order valence-electron chi connectivity index (χ0n) is 12.9. The van der Waals surface area contributed by atoms with Crippen molar-refractivity contribution in [3.8, 4) is 11.5 Å². The fourth-order valence-corrected chi connectivity index (χ4v) is 1.99. The van der Waals surface area contributed by atoms with Crippen molar-refractivity contribution in [3.05, 3.63) is 54.1 Å². The van der Waals surface area contributed by atoms with E-state index in [-0.39, 0.29) is 6.10 Å². The lowest BCUT2D eigenvalue weighted by molar-refractivity contribution is 0.217. The molecule has 3 heteroatoms. The highest BCUT2D eigenvalue weighted by molar-refractivity contribution is 5.56. The molecule has 112 valence electrons. The molecule has 1 N–H and O–H groups in total. The highest BCUT2D eigenvalue weighted by Gasteiger charge is 2.03. The number of anilines is 1. The average molecular weight is 285 g/mol. The first-order valence-electron chi connectivity index (χ1n) is 7.35. The first kappa shape index (κ1) is 15.2. The third-order valence-electron chi connectivity index (χ3n) is 3.43. The van der Waals surface area contributed by atoms with Gasteiger partial charge in [-0.2, -0.15) is 0 Å². The van der Waals surface area contributed by atoms with Crippen molar-refractivity contribution < 1.29 is 9.47 Å². The van der Waals surface area contributed by atoms with Crippen LogP contribution >= 0.6 is 0 Å². The highest BCUT2D eigenvalue weighted by Crippen LogP contribution is 2.24. The third-order valence-corrected chi connectivity index (χ3v) is 3.43. The van der Waals surface area contributed by atoms with E-state index in [0.717, 1.165) is 30.2 Å². The lowest BCUT2D eigenvalue weighted by atomic mass is 10.2. The first-order valence-corrected chi connectivity index (χ1v) is 7.35. The van der Waals surface area contributed by atoms with Crippen LogP contribution in [0.3, 0.4) is 0 Å². The second-order valence-electron chi connectivity index (χ2n) is 5.03. The Morgan fingerprint density at radius 3 is 2.43 bits per heavy atom. The molecule has 3 nitrogen and oxygen atoms in total. The van der Waals surface area contributed by atoms with Gasteiger partial charge >= 0.3 is 0 Å². The van der Waals surface area contributed by atoms with Crippen LogP contribution in [0.15, 0.2) is 48.5 Å². The Hall–Kier alpha value is -2.16. The minimum atomic E-state index is 0.252. The van der Waals surface area contributed by atoms with Crippen molar-refractivity contribution in [1.82, 2.24) is 0 Å². The van der Waals surface area contributed by atoms with Crippen molar-refractivity contribution in [2.75, 3.05) is 12.4 Å². The molecule has 0 aromatic heterocycles. The van der Waals surface area contributed by atoms with E-state index in [0.29, 0.717) is 0 Å². The number of ether oxygens (including phenoxy) is 2. The molecule has 1 atom stereocenters. The maximum Gasteiger partial charge on any atom is 0.141 e. The van der Waals surface area contributed by atoms with Crippen LogP contribution in [0.1, 0.15) is 25.8 Å². The molecular formula is C18H23NO2. The van der Waals surface area contributed by atoms with Crippen LogP contribution in [-0.2, 0) is 6.54 Å². The first-order chi connectivity index (χ1) is 10.2. The van der Waals surface area contributed by atoms with Crippen LogP contribution in [-0.4, -0.2) is 13.2 Å². The van der Waals surface area contributed by atoms with E-state index in [4.69, 9.17) is 9.47 Å². The fraction of sp³-hybridized carbons (Fsp3) is 0.333. The quantitative estimate of drug-likeness (QED) is 0.813. The van der Waals surface area contributed by atoms with Crippen LogP contribution in [0.4, 0.5) is 5.69 Å². The normalized spacial score (nSPS) is 11.8. The van der Waals surface area contributed by atoms with Crippen molar-refractivity contribution in [2.24, 2.45) is 0 Å². The molecule has 0 saturated heterocycles. The standard InChI is InChI=1S/C18H23NO2/c1-4-14(2)21-16-11-9-15(10-12-16)13-19-17-7-5-6-8-18(17)20-3/h5-12,14,19H,4,13H2,1-3H3. The Morgan fingerprint density at radius 2 is 1.76 bits per heavy atom. The Morgan fingerprint density at radius 1 is 1.05 bits per heavy atom. The van der Waals surface area contributed by atoms with Gasteiger partial charge in [-0.05, 0) is 43.2 Å². The summed E-state index contributed by atoms with van der Waals surface area (Å²) in [4.78, 5) is 0. The largest absolute Gasteiger partial charge is 0.495 e. The van der Waals surface area contributed by atoms with Crippen molar-refractivity contribution >= 4 is 5.69 Å².